The number of likely N-dealkylation sites (N-methyl/N-ethyl adjacent to an activating group) is 1. The van der Waals surface area contributed by atoms with Gasteiger partial charge in [-0.05, 0) is 36.9 Å². The minimum Gasteiger partial charge on any atom is -0.492 e. The molecular weight excluding hydrogens is 312 g/mol. The van der Waals surface area contributed by atoms with E-state index in [2.05, 4.69) is 30.9 Å². The Labute approximate surface area is 145 Å². The van der Waals surface area contributed by atoms with Gasteiger partial charge in [-0.2, -0.15) is 0 Å². The van der Waals surface area contributed by atoms with Crippen LogP contribution in [0.3, 0.4) is 0 Å². The van der Waals surface area contributed by atoms with Gasteiger partial charge in [0.25, 0.3) is 0 Å². The summed E-state index contributed by atoms with van der Waals surface area (Å²) < 4.78 is 11.3. The van der Waals surface area contributed by atoms with Crippen molar-refractivity contribution in [3.63, 3.8) is 0 Å². The molecule has 0 unspecified atom stereocenters. The topological polar surface area (TPSA) is 24.9 Å². The van der Waals surface area contributed by atoms with Crippen molar-refractivity contribution in [2.24, 2.45) is 0 Å². The van der Waals surface area contributed by atoms with Crippen molar-refractivity contribution in [3.05, 3.63) is 47.9 Å². The molecule has 4 nitrogen and oxygen atoms in total. The summed E-state index contributed by atoms with van der Waals surface area (Å²) in [5.41, 5.74) is 1.13. The number of halogens is 1. The molecule has 5 heteroatoms. The van der Waals surface area contributed by atoms with Crippen molar-refractivity contribution < 1.29 is 9.47 Å². The van der Waals surface area contributed by atoms with E-state index in [0.717, 1.165) is 43.3 Å². The van der Waals surface area contributed by atoms with Crippen molar-refractivity contribution in [2.45, 2.75) is 13.8 Å². The summed E-state index contributed by atoms with van der Waals surface area (Å²) in [7, 11) is 1.99. The molecule has 1 aromatic carbocycles. The molecule has 128 valence electrons. The first-order valence-electron chi connectivity index (χ1n) is 7.89. The predicted molar refractivity (Wildman–Crippen MR) is 97.8 cm³/mol. The molecule has 1 aliphatic heterocycles. The van der Waals surface area contributed by atoms with Gasteiger partial charge in [-0.3, -0.25) is 0 Å². The normalized spacial score (nSPS) is 13.9. The molecule has 0 saturated carbocycles. The molecule has 1 heterocycles. The Kier molecular flexibility index (Phi) is 8.59. The summed E-state index contributed by atoms with van der Waals surface area (Å²) in [5.74, 6) is 1.81. The summed E-state index contributed by atoms with van der Waals surface area (Å²) in [4.78, 5) is 4.36. The summed E-state index contributed by atoms with van der Waals surface area (Å²) in [6, 6.07) is 8.14. The number of hydrogen-bond donors (Lipinski definition) is 0. The largest absolute Gasteiger partial charge is 0.492 e. The van der Waals surface area contributed by atoms with Gasteiger partial charge in [-0.25, -0.2) is 0 Å². The zero-order chi connectivity index (χ0) is 15.8. The molecule has 23 heavy (non-hydrogen) atoms. The number of ether oxygens (including phenoxy) is 2. The molecule has 0 N–H and O–H groups in total. The van der Waals surface area contributed by atoms with Crippen LogP contribution in [-0.4, -0.2) is 49.8 Å². The average molecular weight is 339 g/mol. The van der Waals surface area contributed by atoms with Crippen LogP contribution in [-0.2, 0) is 4.74 Å². The molecule has 0 fully saturated rings. The number of nitrogens with zero attached hydrogens (tertiary/aromatic N) is 2. The van der Waals surface area contributed by atoms with E-state index in [9.17, 15) is 0 Å². The Morgan fingerprint density at radius 2 is 1.87 bits per heavy atom. The van der Waals surface area contributed by atoms with Crippen LogP contribution in [0.2, 0.25) is 0 Å². The first-order valence-corrected chi connectivity index (χ1v) is 7.89. The molecule has 0 aromatic heterocycles. The van der Waals surface area contributed by atoms with Gasteiger partial charge in [0.05, 0.1) is 0 Å². The maximum atomic E-state index is 5.78. The highest BCUT2D eigenvalue weighted by molar-refractivity contribution is 5.85. The molecule has 2 rings (SSSR count). The fraction of sp³-hybridized carbons (Fsp3) is 0.444. The molecule has 0 saturated heterocycles. The van der Waals surface area contributed by atoms with Crippen LogP contribution in [0.25, 0.3) is 6.08 Å². The van der Waals surface area contributed by atoms with Gasteiger partial charge >= 0.3 is 0 Å². The van der Waals surface area contributed by atoms with Crippen LogP contribution in [0.5, 0.6) is 5.75 Å². The minimum absolute atomic E-state index is 0. The summed E-state index contributed by atoms with van der Waals surface area (Å²) in [6.45, 7) is 8.79. The Hall–Kier alpha value is -1.65. The summed E-state index contributed by atoms with van der Waals surface area (Å²) in [6.07, 6.45) is 6.02. The van der Waals surface area contributed by atoms with Crippen LogP contribution < -0.4 is 4.74 Å². The van der Waals surface area contributed by atoms with E-state index in [-0.39, 0.29) is 12.4 Å². The zero-order valence-electron chi connectivity index (χ0n) is 14.2. The third-order valence-corrected chi connectivity index (χ3v) is 3.67. The summed E-state index contributed by atoms with van der Waals surface area (Å²) in [5, 5.41) is 0. The maximum Gasteiger partial charge on any atom is 0.161 e. The van der Waals surface area contributed by atoms with E-state index in [4.69, 9.17) is 9.47 Å². The van der Waals surface area contributed by atoms with Crippen LogP contribution in [0.15, 0.2) is 42.3 Å². The Morgan fingerprint density at radius 3 is 2.43 bits per heavy atom. The minimum atomic E-state index is 0. The lowest BCUT2D eigenvalue weighted by Gasteiger charge is -2.17. The SMILES string of the molecule is CCN(CC)CCOc1ccc(C=CC2=CN(C)CO2)cc1.Cl. The van der Waals surface area contributed by atoms with Crippen LogP contribution in [0.4, 0.5) is 0 Å². The fourth-order valence-electron chi connectivity index (χ4n) is 2.25. The highest BCUT2D eigenvalue weighted by Gasteiger charge is 2.05. The lowest BCUT2D eigenvalue weighted by molar-refractivity contribution is 0.177. The highest BCUT2D eigenvalue weighted by Crippen LogP contribution is 2.16. The predicted octanol–water partition coefficient (Wildman–Crippen LogP) is 3.60. The molecule has 0 spiro atoms. The van der Waals surface area contributed by atoms with Crippen molar-refractivity contribution in [1.29, 1.82) is 0 Å². The fourth-order valence-corrected chi connectivity index (χ4v) is 2.25. The lowest BCUT2D eigenvalue weighted by Crippen LogP contribution is -2.27. The first kappa shape index (κ1) is 19.4. The van der Waals surface area contributed by atoms with Gasteiger partial charge < -0.3 is 19.3 Å². The molecular formula is C18H27ClN2O2. The third kappa shape index (κ3) is 6.55. The Morgan fingerprint density at radius 1 is 1.17 bits per heavy atom. The lowest BCUT2D eigenvalue weighted by atomic mass is 10.2. The van der Waals surface area contributed by atoms with Gasteiger partial charge in [-0.15, -0.1) is 12.4 Å². The molecule has 1 aliphatic rings. The molecule has 0 radical (unpaired) electrons. The molecule has 0 aliphatic carbocycles. The van der Waals surface area contributed by atoms with Crippen molar-refractivity contribution >= 4 is 18.5 Å². The second-order valence-corrected chi connectivity index (χ2v) is 5.34. The van der Waals surface area contributed by atoms with Gasteiger partial charge in [0.1, 0.15) is 18.1 Å². The summed E-state index contributed by atoms with van der Waals surface area (Å²) >= 11 is 0. The van der Waals surface area contributed by atoms with E-state index in [1.807, 2.05) is 42.4 Å². The Balaban J connectivity index is 0.00000264. The van der Waals surface area contributed by atoms with Gasteiger partial charge in [0.2, 0.25) is 0 Å². The van der Waals surface area contributed by atoms with Gasteiger partial charge in [-0.1, -0.05) is 32.1 Å². The van der Waals surface area contributed by atoms with E-state index in [1.54, 1.807) is 0 Å². The molecule has 0 amide bonds. The number of rotatable bonds is 8. The van der Waals surface area contributed by atoms with Crippen LogP contribution >= 0.6 is 12.4 Å². The monoisotopic (exact) mass is 338 g/mol. The first-order chi connectivity index (χ1) is 10.7. The van der Waals surface area contributed by atoms with E-state index < -0.39 is 0 Å². The quantitative estimate of drug-likeness (QED) is 0.723. The zero-order valence-corrected chi connectivity index (χ0v) is 15.0. The van der Waals surface area contributed by atoms with Crippen molar-refractivity contribution in [1.82, 2.24) is 9.80 Å². The van der Waals surface area contributed by atoms with E-state index in [1.165, 1.54) is 0 Å². The average Bonchev–Trinajstić information content (AvgIpc) is 2.96. The molecule has 0 bridgehead atoms. The smallest absolute Gasteiger partial charge is 0.161 e. The van der Waals surface area contributed by atoms with E-state index >= 15 is 0 Å². The maximum absolute atomic E-state index is 5.78. The number of hydrogen-bond acceptors (Lipinski definition) is 4. The van der Waals surface area contributed by atoms with Gasteiger partial charge in [0.15, 0.2) is 6.73 Å². The van der Waals surface area contributed by atoms with Crippen LogP contribution in [0.1, 0.15) is 19.4 Å². The number of allylic oxidation sites excluding steroid dienone is 1. The second-order valence-electron chi connectivity index (χ2n) is 5.34. The standard InChI is InChI=1S/C18H26N2O2.ClH/c1-4-20(5-2)12-13-21-17-9-6-16(7-10-17)8-11-18-14-19(3)15-22-18;/h6-11,14H,4-5,12-13,15H2,1-3H3;1H. The third-order valence-electron chi connectivity index (χ3n) is 3.67. The van der Waals surface area contributed by atoms with Crippen molar-refractivity contribution in [3.8, 4) is 5.75 Å². The van der Waals surface area contributed by atoms with Crippen LogP contribution in [0, 0.1) is 0 Å². The Bertz CT molecular complexity index is 510. The second kappa shape index (κ2) is 10.2. The molecule has 0 atom stereocenters. The van der Waals surface area contributed by atoms with Crippen molar-refractivity contribution in [2.75, 3.05) is 40.0 Å². The molecule has 1 aromatic rings. The van der Waals surface area contributed by atoms with E-state index in [0.29, 0.717) is 6.73 Å². The van der Waals surface area contributed by atoms with Gasteiger partial charge in [0, 0.05) is 19.8 Å². The highest BCUT2D eigenvalue weighted by atomic mass is 35.5. The number of benzene rings is 1.